The van der Waals surface area contributed by atoms with Crippen molar-refractivity contribution in [3.8, 4) is 0 Å². The molecule has 2 aliphatic heterocycles. The topological polar surface area (TPSA) is 44.4 Å². The molecule has 1 atom stereocenters. The standard InChI is InChI=1S/C21H31N3O/c1-16(25)23-20-14-21(19-5-3-2-4-18(19)20)8-12-24(13-9-21)15-17-6-10-22-11-7-17/h2-5,17,20,22H,6-15H2,1H3,(H,23,25)/t20-/m0/s1. The minimum absolute atomic E-state index is 0.0835. The Kier molecular flexibility index (Phi) is 4.83. The highest BCUT2D eigenvalue weighted by Crippen LogP contribution is 2.50. The zero-order chi connectivity index (χ0) is 17.3. The van der Waals surface area contributed by atoms with Gasteiger partial charge in [0.2, 0.25) is 5.91 Å². The highest BCUT2D eigenvalue weighted by molar-refractivity contribution is 5.73. The van der Waals surface area contributed by atoms with Crippen LogP contribution in [0.1, 0.15) is 56.2 Å². The predicted octanol–water partition coefficient (Wildman–Crippen LogP) is 2.60. The van der Waals surface area contributed by atoms with Crippen LogP contribution in [0.15, 0.2) is 24.3 Å². The number of piperidine rings is 2. The molecule has 4 heteroatoms. The number of nitrogens with one attached hydrogen (secondary N) is 2. The van der Waals surface area contributed by atoms with Gasteiger partial charge in [0.15, 0.2) is 0 Å². The van der Waals surface area contributed by atoms with Crippen molar-refractivity contribution in [2.24, 2.45) is 5.92 Å². The molecule has 25 heavy (non-hydrogen) atoms. The summed E-state index contributed by atoms with van der Waals surface area (Å²) in [5.41, 5.74) is 3.12. The van der Waals surface area contributed by atoms with E-state index in [0.717, 1.165) is 12.3 Å². The lowest BCUT2D eigenvalue weighted by molar-refractivity contribution is -0.119. The van der Waals surface area contributed by atoms with Crippen LogP contribution >= 0.6 is 0 Å². The fraction of sp³-hybridized carbons (Fsp3) is 0.667. The molecule has 3 aliphatic rings. The van der Waals surface area contributed by atoms with E-state index < -0.39 is 0 Å². The molecule has 0 radical (unpaired) electrons. The number of carbonyl (C=O) groups excluding carboxylic acids is 1. The van der Waals surface area contributed by atoms with Gasteiger partial charge in [-0.1, -0.05) is 24.3 Å². The molecule has 0 bridgehead atoms. The minimum atomic E-state index is 0.0835. The van der Waals surface area contributed by atoms with Gasteiger partial charge < -0.3 is 15.5 Å². The number of benzene rings is 1. The Bertz CT molecular complexity index is 615. The van der Waals surface area contributed by atoms with Gasteiger partial charge in [-0.25, -0.2) is 0 Å². The van der Waals surface area contributed by atoms with Crippen molar-refractivity contribution in [2.75, 3.05) is 32.7 Å². The molecule has 2 heterocycles. The molecule has 1 aliphatic carbocycles. The predicted molar refractivity (Wildman–Crippen MR) is 101 cm³/mol. The fourth-order valence-corrected chi connectivity index (χ4v) is 5.34. The Balaban J connectivity index is 1.44. The molecule has 1 aromatic carbocycles. The van der Waals surface area contributed by atoms with Crippen molar-refractivity contribution in [2.45, 2.75) is 50.5 Å². The second kappa shape index (κ2) is 7.08. The summed E-state index contributed by atoms with van der Waals surface area (Å²) < 4.78 is 0. The normalized spacial score (nSPS) is 26.5. The van der Waals surface area contributed by atoms with Gasteiger partial charge in [-0.2, -0.15) is 0 Å². The van der Waals surface area contributed by atoms with Crippen LogP contribution in [0.25, 0.3) is 0 Å². The number of carbonyl (C=O) groups is 1. The third-order valence-corrected chi connectivity index (χ3v) is 6.67. The Labute approximate surface area is 151 Å². The van der Waals surface area contributed by atoms with E-state index in [2.05, 4.69) is 39.8 Å². The van der Waals surface area contributed by atoms with Gasteiger partial charge in [-0.3, -0.25) is 4.79 Å². The summed E-state index contributed by atoms with van der Waals surface area (Å²) in [5, 5.41) is 6.66. The van der Waals surface area contributed by atoms with Gasteiger partial charge in [-0.05, 0) is 75.3 Å². The van der Waals surface area contributed by atoms with E-state index in [-0.39, 0.29) is 17.4 Å². The van der Waals surface area contributed by atoms with Crippen LogP contribution < -0.4 is 10.6 Å². The first-order valence-electron chi connectivity index (χ1n) is 9.96. The van der Waals surface area contributed by atoms with E-state index in [0.29, 0.717) is 0 Å². The van der Waals surface area contributed by atoms with Gasteiger partial charge >= 0.3 is 0 Å². The van der Waals surface area contributed by atoms with Crippen molar-refractivity contribution in [3.63, 3.8) is 0 Å². The van der Waals surface area contributed by atoms with Crippen molar-refractivity contribution < 1.29 is 4.79 Å². The van der Waals surface area contributed by atoms with Gasteiger partial charge in [0.1, 0.15) is 0 Å². The maximum atomic E-state index is 11.6. The number of fused-ring (bicyclic) bond motifs is 2. The number of hydrogen-bond donors (Lipinski definition) is 2. The summed E-state index contributed by atoms with van der Waals surface area (Å²) in [4.78, 5) is 14.3. The average Bonchev–Trinajstić information content (AvgIpc) is 2.91. The third kappa shape index (κ3) is 3.47. The van der Waals surface area contributed by atoms with E-state index in [4.69, 9.17) is 0 Å². The van der Waals surface area contributed by atoms with Gasteiger partial charge in [0, 0.05) is 18.9 Å². The quantitative estimate of drug-likeness (QED) is 0.888. The maximum absolute atomic E-state index is 11.6. The Morgan fingerprint density at radius 3 is 2.68 bits per heavy atom. The molecule has 0 aromatic heterocycles. The van der Waals surface area contributed by atoms with Crippen molar-refractivity contribution >= 4 is 5.91 Å². The summed E-state index contributed by atoms with van der Waals surface area (Å²) in [6, 6.07) is 8.99. The molecule has 0 unspecified atom stereocenters. The number of nitrogens with zero attached hydrogens (tertiary/aromatic N) is 1. The van der Waals surface area contributed by atoms with Gasteiger partial charge in [-0.15, -0.1) is 0 Å². The van der Waals surface area contributed by atoms with Crippen LogP contribution in [0.5, 0.6) is 0 Å². The SMILES string of the molecule is CC(=O)N[C@H]1CC2(CCN(CC3CCNCC3)CC2)c2ccccc21. The smallest absolute Gasteiger partial charge is 0.217 e. The summed E-state index contributed by atoms with van der Waals surface area (Å²) in [7, 11) is 0. The monoisotopic (exact) mass is 341 g/mol. The number of amides is 1. The molecule has 4 nitrogen and oxygen atoms in total. The van der Waals surface area contributed by atoms with Crippen LogP contribution in [0.2, 0.25) is 0 Å². The van der Waals surface area contributed by atoms with Crippen LogP contribution in [0, 0.1) is 5.92 Å². The number of likely N-dealkylation sites (tertiary alicyclic amines) is 1. The molecule has 136 valence electrons. The first kappa shape index (κ1) is 17.0. The van der Waals surface area contributed by atoms with E-state index in [1.54, 1.807) is 6.92 Å². The maximum Gasteiger partial charge on any atom is 0.217 e. The van der Waals surface area contributed by atoms with Crippen LogP contribution in [0.3, 0.4) is 0 Å². The Morgan fingerprint density at radius 2 is 1.96 bits per heavy atom. The van der Waals surface area contributed by atoms with Crippen LogP contribution in [-0.2, 0) is 10.2 Å². The van der Waals surface area contributed by atoms with E-state index in [1.165, 1.54) is 69.5 Å². The van der Waals surface area contributed by atoms with Gasteiger partial charge in [0.25, 0.3) is 0 Å². The highest BCUT2D eigenvalue weighted by Gasteiger charge is 2.45. The van der Waals surface area contributed by atoms with Crippen LogP contribution in [-0.4, -0.2) is 43.5 Å². The van der Waals surface area contributed by atoms with E-state index >= 15 is 0 Å². The lowest BCUT2D eigenvalue weighted by Gasteiger charge is -2.42. The minimum Gasteiger partial charge on any atom is -0.349 e. The fourth-order valence-electron chi connectivity index (χ4n) is 5.34. The average molecular weight is 341 g/mol. The first-order chi connectivity index (χ1) is 12.2. The molecule has 2 N–H and O–H groups in total. The first-order valence-corrected chi connectivity index (χ1v) is 9.96. The second-order valence-corrected chi connectivity index (χ2v) is 8.32. The molecule has 0 saturated carbocycles. The lowest BCUT2D eigenvalue weighted by atomic mass is 9.73. The molecular weight excluding hydrogens is 310 g/mol. The number of rotatable bonds is 3. The van der Waals surface area contributed by atoms with Crippen molar-refractivity contribution in [3.05, 3.63) is 35.4 Å². The summed E-state index contributed by atoms with van der Waals surface area (Å²) in [5.74, 6) is 0.957. The van der Waals surface area contributed by atoms with Gasteiger partial charge in [0.05, 0.1) is 6.04 Å². The van der Waals surface area contributed by atoms with E-state index in [1.807, 2.05) is 0 Å². The Morgan fingerprint density at radius 1 is 1.24 bits per heavy atom. The van der Waals surface area contributed by atoms with Crippen molar-refractivity contribution in [1.29, 1.82) is 0 Å². The molecule has 1 amide bonds. The molecule has 4 rings (SSSR count). The summed E-state index contributed by atoms with van der Waals surface area (Å²) >= 11 is 0. The molecule has 1 aromatic rings. The Hall–Kier alpha value is -1.39. The molecule has 2 fully saturated rings. The third-order valence-electron chi connectivity index (χ3n) is 6.67. The van der Waals surface area contributed by atoms with Crippen molar-refractivity contribution in [1.82, 2.24) is 15.5 Å². The zero-order valence-electron chi connectivity index (χ0n) is 15.4. The zero-order valence-corrected chi connectivity index (χ0v) is 15.4. The number of hydrogen-bond acceptors (Lipinski definition) is 3. The molecule has 2 saturated heterocycles. The summed E-state index contributed by atoms with van der Waals surface area (Å²) in [6.07, 6.45) is 6.19. The lowest BCUT2D eigenvalue weighted by Crippen LogP contribution is -2.45. The van der Waals surface area contributed by atoms with Crippen LogP contribution in [0.4, 0.5) is 0 Å². The highest BCUT2D eigenvalue weighted by atomic mass is 16.1. The second-order valence-electron chi connectivity index (χ2n) is 8.32. The largest absolute Gasteiger partial charge is 0.349 e. The van der Waals surface area contributed by atoms with E-state index in [9.17, 15) is 4.79 Å². The molecular formula is C21H31N3O. The summed E-state index contributed by atoms with van der Waals surface area (Å²) in [6.45, 7) is 7.68. The molecule has 1 spiro atoms.